The number of carbonyl (C=O) groups is 2. The number of aromatic nitrogens is 2. The van der Waals surface area contributed by atoms with Crippen LogP contribution >= 0.6 is 0 Å². The van der Waals surface area contributed by atoms with Gasteiger partial charge in [0, 0.05) is 38.6 Å². The fourth-order valence-electron chi connectivity index (χ4n) is 2.37. The minimum Gasteiger partial charge on any atom is -0.383 e. The number of ketones is 1. The van der Waals surface area contributed by atoms with E-state index in [1.165, 1.54) is 14.0 Å². The molecule has 1 aromatic heterocycles. The maximum atomic E-state index is 12.5. The third-order valence-corrected chi connectivity index (χ3v) is 3.86. The minimum atomic E-state index is -4.70. The maximum absolute atomic E-state index is 12.5. The topological polar surface area (TPSA) is 85.5 Å². The van der Waals surface area contributed by atoms with E-state index in [-0.39, 0.29) is 36.9 Å². The standard InChI is InChI=1S/C18H20F3N3O4/c1-12(25)3-8-15(26)24(9-10-27-2)11-13-4-6-14(7-5-13)16-22-17(28-23-16)18(19,20)21/h4-7H,3,8-11H2,1-2H3. The molecule has 10 heteroatoms. The number of hydrogen-bond donors (Lipinski definition) is 0. The van der Waals surface area contributed by atoms with Crippen molar-refractivity contribution in [1.82, 2.24) is 15.0 Å². The molecule has 28 heavy (non-hydrogen) atoms. The van der Waals surface area contributed by atoms with Gasteiger partial charge in [-0.15, -0.1) is 0 Å². The van der Waals surface area contributed by atoms with Crippen LogP contribution in [0.15, 0.2) is 28.8 Å². The number of methoxy groups -OCH3 is 1. The van der Waals surface area contributed by atoms with Crippen molar-refractivity contribution in [2.45, 2.75) is 32.5 Å². The van der Waals surface area contributed by atoms with Crippen molar-refractivity contribution in [2.24, 2.45) is 0 Å². The Labute approximate surface area is 159 Å². The molecule has 0 unspecified atom stereocenters. The third-order valence-electron chi connectivity index (χ3n) is 3.86. The molecule has 152 valence electrons. The smallest absolute Gasteiger partial charge is 0.383 e. The molecule has 0 spiro atoms. The molecule has 0 bridgehead atoms. The summed E-state index contributed by atoms with van der Waals surface area (Å²) >= 11 is 0. The molecular formula is C18H20F3N3O4. The number of benzene rings is 1. The van der Waals surface area contributed by atoms with E-state index in [2.05, 4.69) is 14.7 Å². The van der Waals surface area contributed by atoms with Gasteiger partial charge in [-0.25, -0.2) is 0 Å². The van der Waals surface area contributed by atoms with E-state index in [4.69, 9.17) is 4.74 Å². The predicted molar refractivity (Wildman–Crippen MR) is 91.9 cm³/mol. The SMILES string of the molecule is COCCN(Cc1ccc(-c2noc(C(F)(F)F)n2)cc1)C(=O)CCC(C)=O. The molecule has 0 aliphatic heterocycles. The number of hydrogen-bond acceptors (Lipinski definition) is 6. The van der Waals surface area contributed by atoms with Crippen LogP contribution in [0.5, 0.6) is 0 Å². The Balaban J connectivity index is 2.08. The number of halogens is 3. The van der Waals surface area contributed by atoms with Gasteiger partial charge in [0.25, 0.3) is 0 Å². The Morgan fingerprint density at radius 1 is 1.18 bits per heavy atom. The van der Waals surface area contributed by atoms with E-state index < -0.39 is 12.1 Å². The van der Waals surface area contributed by atoms with Gasteiger partial charge in [0.2, 0.25) is 11.7 Å². The van der Waals surface area contributed by atoms with Crippen LogP contribution in [-0.2, 0) is 27.0 Å². The molecule has 0 aliphatic rings. The predicted octanol–water partition coefficient (Wildman–Crippen LogP) is 3.10. The Morgan fingerprint density at radius 3 is 2.39 bits per heavy atom. The summed E-state index contributed by atoms with van der Waals surface area (Å²) in [5, 5.41) is 3.33. The third kappa shape index (κ3) is 6.15. The molecule has 1 amide bonds. The lowest BCUT2D eigenvalue weighted by Gasteiger charge is -2.22. The van der Waals surface area contributed by atoms with Crippen LogP contribution in [0, 0.1) is 0 Å². The van der Waals surface area contributed by atoms with Crippen molar-refractivity contribution < 1.29 is 32.0 Å². The number of carbonyl (C=O) groups excluding carboxylic acids is 2. The van der Waals surface area contributed by atoms with Crippen molar-refractivity contribution in [1.29, 1.82) is 0 Å². The highest BCUT2D eigenvalue weighted by Gasteiger charge is 2.38. The Morgan fingerprint density at radius 2 is 1.86 bits per heavy atom. The van der Waals surface area contributed by atoms with Crippen LogP contribution in [0.4, 0.5) is 13.2 Å². The highest BCUT2D eigenvalue weighted by Crippen LogP contribution is 2.29. The first-order valence-electron chi connectivity index (χ1n) is 8.47. The van der Waals surface area contributed by atoms with Crippen LogP contribution in [0.2, 0.25) is 0 Å². The summed E-state index contributed by atoms with van der Waals surface area (Å²) < 4.78 is 46.9. The zero-order valence-corrected chi connectivity index (χ0v) is 15.5. The van der Waals surface area contributed by atoms with E-state index in [9.17, 15) is 22.8 Å². The second-order valence-electron chi connectivity index (χ2n) is 6.13. The molecule has 0 radical (unpaired) electrons. The van der Waals surface area contributed by atoms with Crippen molar-refractivity contribution in [3.05, 3.63) is 35.7 Å². The molecule has 1 heterocycles. The van der Waals surface area contributed by atoms with Crippen molar-refractivity contribution in [2.75, 3.05) is 20.3 Å². The first-order valence-corrected chi connectivity index (χ1v) is 8.47. The van der Waals surface area contributed by atoms with E-state index in [1.807, 2.05) is 0 Å². The van der Waals surface area contributed by atoms with Crippen LogP contribution in [0.1, 0.15) is 31.2 Å². The van der Waals surface area contributed by atoms with E-state index in [1.54, 1.807) is 29.2 Å². The number of ether oxygens (including phenoxy) is 1. The fraction of sp³-hybridized carbons (Fsp3) is 0.444. The molecule has 0 aliphatic carbocycles. The lowest BCUT2D eigenvalue weighted by molar-refractivity contribution is -0.159. The summed E-state index contributed by atoms with van der Waals surface area (Å²) in [5.74, 6) is -1.83. The number of alkyl halides is 3. The number of amides is 1. The summed E-state index contributed by atoms with van der Waals surface area (Å²) in [4.78, 5) is 28.3. The molecule has 2 aromatic rings. The maximum Gasteiger partial charge on any atom is 0.471 e. The zero-order chi connectivity index (χ0) is 20.7. The van der Waals surface area contributed by atoms with Gasteiger partial charge >= 0.3 is 12.1 Å². The van der Waals surface area contributed by atoms with Gasteiger partial charge in [0.15, 0.2) is 0 Å². The van der Waals surface area contributed by atoms with Gasteiger partial charge in [-0.3, -0.25) is 4.79 Å². The van der Waals surface area contributed by atoms with Crippen LogP contribution in [0.25, 0.3) is 11.4 Å². The van der Waals surface area contributed by atoms with Crippen molar-refractivity contribution in [3.8, 4) is 11.4 Å². The lowest BCUT2D eigenvalue weighted by Crippen LogP contribution is -2.33. The average Bonchev–Trinajstić information content (AvgIpc) is 3.14. The number of rotatable bonds is 9. The largest absolute Gasteiger partial charge is 0.471 e. The van der Waals surface area contributed by atoms with Gasteiger partial charge in [-0.2, -0.15) is 18.2 Å². The van der Waals surface area contributed by atoms with Gasteiger partial charge < -0.3 is 19.0 Å². The molecular weight excluding hydrogens is 379 g/mol. The molecule has 0 saturated carbocycles. The number of Topliss-reactive ketones (excluding diaryl/α,β-unsaturated/α-hetero) is 1. The van der Waals surface area contributed by atoms with Gasteiger partial charge in [-0.1, -0.05) is 29.4 Å². The van der Waals surface area contributed by atoms with Crippen LogP contribution in [0.3, 0.4) is 0 Å². The highest BCUT2D eigenvalue weighted by molar-refractivity contribution is 5.83. The Kier molecular flexibility index (Phi) is 7.27. The van der Waals surface area contributed by atoms with Crippen LogP contribution < -0.4 is 0 Å². The molecule has 2 rings (SSSR count). The summed E-state index contributed by atoms with van der Waals surface area (Å²) in [6.45, 7) is 2.40. The highest BCUT2D eigenvalue weighted by atomic mass is 19.4. The summed E-state index contributed by atoms with van der Waals surface area (Å²) in [7, 11) is 1.52. The quantitative estimate of drug-likeness (QED) is 0.644. The van der Waals surface area contributed by atoms with E-state index in [0.29, 0.717) is 18.7 Å². The van der Waals surface area contributed by atoms with Gasteiger partial charge in [0.1, 0.15) is 5.78 Å². The van der Waals surface area contributed by atoms with Gasteiger partial charge in [0.05, 0.1) is 6.61 Å². The second-order valence-corrected chi connectivity index (χ2v) is 6.13. The summed E-state index contributed by atoms with van der Waals surface area (Å²) in [5.41, 5.74) is 1.12. The van der Waals surface area contributed by atoms with Crippen molar-refractivity contribution >= 4 is 11.7 Å². The molecule has 0 saturated heterocycles. The van der Waals surface area contributed by atoms with Crippen LogP contribution in [-0.4, -0.2) is 47.0 Å². The Bertz CT molecular complexity index is 803. The molecule has 0 fully saturated rings. The molecule has 7 nitrogen and oxygen atoms in total. The molecule has 0 atom stereocenters. The Hall–Kier alpha value is -2.75. The summed E-state index contributed by atoms with van der Waals surface area (Å²) in [6.07, 6.45) is -4.42. The molecule has 0 N–H and O–H groups in total. The average molecular weight is 399 g/mol. The number of nitrogens with zero attached hydrogens (tertiary/aromatic N) is 3. The normalized spacial score (nSPS) is 11.5. The van der Waals surface area contributed by atoms with Crippen molar-refractivity contribution in [3.63, 3.8) is 0 Å². The second kappa shape index (κ2) is 9.45. The minimum absolute atomic E-state index is 0.0669. The first-order chi connectivity index (χ1) is 13.2. The monoisotopic (exact) mass is 399 g/mol. The van der Waals surface area contributed by atoms with Gasteiger partial charge in [-0.05, 0) is 12.5 Å². The summed E-state index contributed by atoms with van der Waals surface area (Å²) in [6, 6.07) is 6.43. The lowest BCUT2D eigenvalue weighted by atomic mass is 10.1. The fourth-order valence-corrected chi connectivity index (χ4v) is 2.37. The molecule has 1 aromatic carbocycles. The van der Waals surface area contributed by atoms with E-state index >= 15 is 0 Å². The van der Waals surface area contributed by atoms with E-state index in [0.717, 1.165) is 5.56 Å². The first kappa shape index (κ1) is 21.5. The zero-order valence-electron chi connectivity index (χ0n) is 15.5.